The van der Waals surface area contributed by atoms with Gasteiger partial charge in [0.25, 0.3) is 0 Å². The number of anilines is 1. The van der Waals surface area contributed by atoms with Crippen LogP contribution in [0, 0.1) is 5.92 Å². The number of rotatable bonds is 10. The van der Waals surface area contributed by atoms with E-state index in [0.29, 0.717) is 35.9 Å². The van der Waals surface area contributed by atoms with Crippen LogP contribution in [-0.4, -0.2) is 61.8 Å². The van der Waals surface area contributed by atoms with Gasteiger partial charge in [0.1, 0.15) is 35.2 Å². The number of nitrogen functional groups attached to an aromatic ring is 1. The molecule has 0 saturated heterocycles. The molecule has 0 aliphatic rings. The summed E-state index contributed by atoms with van der Waals surface area (Å²) in [6.45, 7) is 3.81. The van der Waals surface area contributed by atoms with E-state index >= 15 is 0 Å². The first-order valence-corrected chi connectivity index (χ1v) is 9.07. The Morgan fingerprint density at radius 2 is 1.54 bits per heavy atom. The van der Waals surface area contributed by atoms with Crippen LogP contribution in [0.2, 0.25) is 5.15 Å². The van der Waals surface area contributed by atoms with Gasteiger partial charge in [-0.3, -0.25) is 0 Å². The number of ether oxygens (including phenoxy) is 4. The van der Waals surface area contributed by atoms with E-state index in [-0.39, 0.29) is 13.2 Å². The molecule has 0 bridgehead atoms. The Labute approximate surface area is 170 Å². The van der Waals surface area contributed by atoms with E-state index in [0.717, 1.165) is 5.75 Å². The highest BCUT2D eigenvalue weighted by Gasteiger charge is 2.04. The number of halogens is 1. The predicted octanol–water partition coefficient (Wildman–Crippen LogP) is 2.45. The Morgan fingerprint density at radius 3 is 2.07 bits per heavy atom. The van der Waals surface area contributed by atoms with Crippen molar-refractivity contribution in [3.05, 3.63) is 41.8 Å². The summed E-state index contributed by atoms with van der Waals surface area (Å²) in [5.74, 6) is 2.19. The van der Waals surface area contributed by atoms with Crippen LogP contribution in [0.5, 0.6) is 11.5 Å². The van der Waals surface area contributed by atoms with Crippen molar-refractivity contribution < 1.29 is 24.1 Å². The molecule has 0 radical (unpaired) electrons. The van der Waals surface area contributed by atoms with Crippen LogP contribution in [-0.2, 0) is 9.47 Å². The molecule has 2 rings (SSSR count). The molecule has 0 amide bonds. The predicted molar refractivity (Wildman–Crippen MR) is 108 cm³/mol. The number of nitrogens with zero attached hydrogens (tertiary/aromatic N) is 2. The molecule has 2 atom stereocenters. The molecule has 8 nitrogen and oxygen atoms in total. The Balaban J connectivity index is 0.000000280. The van der Waals surface area contributed by atoms with Crippen molar-refractivity contribution in [1.29, 1.82) is 0 Å². The first kappa shape index (κ1) is 23.9. The van der Waals surface area contributed by atoms with E-state index in [1.165, 1.54) is 13.3 Å². The molecular weight excluding hydrogens is 386 g/mol. The summed E-state index contributed by atoms with van der Waals surface area (Å²) in [6, 6.07) is 6.84. The molecule has 0 aromatic carbocycles. The van der Waals surface area contributed by atoms with Crippen molar-refractivity contribution in [2.45, 2.75) is 13.0 Å². The number of pyridine rings is 2. The zero-order valence-electron chi connectivity index (χ0n) is 16.4. The van der Waals surface area contributed by atoms with Gasteiger partial charge in [-0.05, 0) is 24.3 Å². The number of aliphatic hydroxyl groups excluding tert-OH is 1. The SMILES string of the molecule is COC[C@H](C)COc1ccc(N)nc1.COC[C@H](O)COc1ccc(Cl)nc1. The summed E-state index contributed by atoms with van der Waals surface area (Å²) in [5.41, 5.74) is 5.44. The number of hydrogen-bond donors (Lipinski definition) is 2. The summed E-state index contributed by atoms with van der Waals surface area (Å²) in [7, 11) is 3.20. The number of hydrogen-bond acceptors (Lipinski definition) is 8. The molecule has 2 aromatic heterocycles. The standard InChI is InChI=1S/C10H16N2O2.C9H12ClNO3/c1-8(6-13-2)7-14-9-3-4-10(11)12-5-9;1-13-5-7(12)6-14-8-2-3-9(10)11-4-8/h3-5,8H,6-7H2,1-2H3,(H2,11,12);2-4,7,12H,5-6H2,1H3/t8-;7-/m00/s1. The number of aliphatic hydroxyl groups is 1. The molecule has 0 aliphatic carbocycles. The fourth-order valence-corrected chi connectivity index (χ4v) is 2.04. The number of nitrogens with two attached hydrogens (primary N) is 1. The zero-order chi connectivity index (χ0) is 20.8. The Hall–Kier alpha value is -2.13. The van der Waals surface area contributed by atoms with Crippen LogP contribution >= 0.6 is 11.6 Å². The van der Waals surface area contributed by atoms with Crippen molar-refractivity contribution in [1.82, 2.24) is 9.97 Å². The lowest BCUT2D eigenvalue weighted by Crippen LogP contribution is -2.22. The maximum absolute atomic E-state index is 9.27. The second-order valence-corrected chi connectivity index (χ2v) is 6.41. The van der Waals surface area contributed by atoms with Crippen molar-refractivity contribution in [2.24, 2.45) is 5.92 Å². The largest absolute Gasteiger partial charge is 0.492 e. The molecule has 9 heteroatoms. The lowest BCUT2D eigenvalue weighted by atomic mass is 10.2. The van der Waals surface area contributed by atoms with Gasteiger partial charge in [0.05, 0.1) is 32.2 Å². The molecule has 0 spiro atoms. The highest BCUT2D eigenvalue weighted by Crippen LogP contribution is 2.12. The second kappa shape index (κ2) is 14.0. The van der Waals surface area contributed by atoms with Crippen LogP contribution in [0.1, 0.15) is 6.92 Å². The molecule has 2 heterocycles. The topological polar surface area (TPSA) is 109 Å². The third kappa shape index (κ3) is 10.9. The molecule has 2 aromatic rings. The van der Waals surface area contributed by atoms with E-state index in [1.54, 1.807) is 31.5 Å². The fraction of sp³-hybridized carbons (Fsp3) is 0.474. The maximum atomic E-state index is 9.27. The van der Waals surface area contributed by atoms with Crippen LogP contribution < -0.4 is 15.2 Å². The van der Waals surface area contributed by atoms with Gasteiger partial charge in [0.2, 0.25) is 0 Å². The van der Waals surface area contributed by atoms with Crippen molar-refractivity contribution >= 4 is 17.4 Å². The van der Waals surface area contributed by atoms with E-state index in [9.17, 15) is 5.11 Å². The van der Waals surface area contributed by atoms with Crippen LogP contribution in [0.3, 0.4) is 0 Å². The summed E-state index contributed by atoms with van der Waals surface area (Å²) in [6.07, 6.45) is 2.49. The molecule has 156 valence electrons. The molecule has 0 aliphatic heterocycles. The normalized spacial score (nSPS) is 12.5. The van der Waals surface area contributed by atoms with Gasteiger partial charge < -0.3 is 29.8 Å². The van der Waals surface area contributed by atoms with Crippen molar-refractivity contribution in [3.63, 3.8) is 0 Å². The minimum Gasteiger partial charge on any atom is -0.492 e. The van der Waals surface area contributed by atoms with Gasteiger partial charge in [-0.15, -0.1) is 0 Å². The number of methoxy groups -OCH3 is 2. The molecule has 0 unspecified atom stereocenters. The van der Waals surface area contributed by atoms with Gasteiger partial charge in [0.15, 0.2) is 0 Å². The summed E-state index contributed by atoms with van der Waals surface area (Å²) in [4.78, 5) is 7.76. The van der Waals surface area contributed by atoms with Gasteiger partial charge in [-0.1, -0.05) is 18.5 Å². The average Bonchev–Trinajstić information content (AvgIpc) is 2.68. The van der Waals surface area contributed by atoms with E-state index in [1.807, 2.05) is 6.07 Å². The van der Waals surface area contributed by atoms with Crippen LogP contribution in [0.4, 0.5) is 5.82 Å². The first-order valence-electron chi connectivity index (χ1n) is 8.69. The third-order valence-corrected chi connectivity index (χ3v) is 3.47. The molecule has 3 N–H and O–H groups in total. The van der Waals surface area contributed by atoms with Gasteiger partial charge in [-0.2, -0.15) is 0 Å². The molecule has 0 fully saturated rings. The smallest absolute Gasteiger partial charge is 0.137 e. The summed E-state index contributed by atoms with van der Waals surface area (Å²) >= 11 is 5.59. The fourth-order valence-electron chi connectivity index (χ4n) is 1.93. The minimum absolute atomic E-state index is 0.178. The molecule has 0 saturated carbocycles. The average molecular weight is 414 g/mol. The monoisotopic (exact) mass is 413 g/mol. The third-order valence-electron chi connectivity index (χ3n) is 3.25. The summed E-state index contributed by atoms with van der Waals surface area (Å²) < 4.78 is 20.4. The highest BCUT2D eigenvalue weighted by molar-refractivity contribution is 6.29. The van der Waals surface area contributed by atoms with E-state index in [2.05, 4.69) is 16.9 Å². The highest BCUT2D eigenvalue weighted by atomic mass is 35.5. The lowest BCUT2D eigenvalue weighted by molar-refractivity contribution is 0.0324. The van der Waals surface area contributed by atoms with Gasteiger partial charge in [0, 0.05) is 20.1 Å². The Kier molecular flexibility index (Phi) is 11.9. The van der Waals surface area contributed by atoms with E-state index in [4.69, 9.17) is 36.3 Å². The van der Waals surface area contributed by atoms with Gasteiger partial charge in [-0.25, -0.2) is 9.97 Å². The lowest BCUT2D eigenvalue weighted by Gasteiger charge is -2.11. The van der Waals surface area contributed by atoms with Gasteiger partial charge >= 0.3 is 0 Å². The molecular formula is C19H28ClN3O5. The van der Waals surface area contributed by atoms with E-state index < -0.39 is 6.10 Å². The Morgan fingerprint density at radius 1 is 0.929 bits per heavy atom. The zero-order valence-corrected chi connectivity index (χ0v) is 17.1. The van der Waals surface area contributed by atoms with Crippen LogP contribution in [0.15, 0.2) is 36.7 Å². The van der Waals surface area contributed by atoms with Crippen molar-refractivity contribution in [2.75, 3.05) is 46.4 Å². The first-order chi connectivity index (χ1) is 13.4. The Bertz CT molecular complexity index is 586. The van der Waals surface area contributed by atoms with Crippen LogP contribution in [0.25, 0.3) is 0 Å². The second-order valence-electron chi connectivity index (χ2n) is 6.03. The molecule has 28 heavy (non-hydrogen) atoms. The number of aromatic nitrogens is 2. The van der Waals surface area contributed by atoms with Crippen molar-refractivity contribution in [3.8, 4) is 11.5 Å². The minimum atomic E-state index is -0.629. The maximum Gasteiger partial charge on any atom is 0.137 e. The summed E-state index contributed by atoms with van der Waals surface area (Å²) in [5, 5.41) is 9.68. The quantitative estimate of drug-likeness (QED) is 0.571.